The van der Waals surface area contributed by atoms with E-state index in [1.165, 1.54) is 0 Å². The largest absolute Gasteiger partial charge is 0.462 e. The molecule has 0 radical (unpaired) electrons. The molecule has 0 aromatic carbocycles. The summed E-state index contributed by atoms with van der Waals surface area (Å²) < 4.78 is 5.03. The van der Waals surface area contributed by atoms with Gasteiger partial charge in [-0.2, -0.15) is 0 Å². The Morgan fingerprint density at radius 3 is 2.48 bits per heavy atom. The molecule has 0 atom stereocenters. The second-order valence-corrected chi connectivity index (χ2v) is 6.21. The van der Waals surface area contributed by atoms with Crippen molar-refractivity contribution in [1.82, 2.24) is 0 Å². The molecule has 1 aromatic heterocycles. The summed E-state index contributed by atoms with van der Waals surface area (Å²) in [5, 5.41) is 0.625. The van der Waals surface area contributed by atoms with Crippen LogP contribution in [-0.4, -0.2) is 32.1 Å². The molecule has 1 aromatic rings. The van der Waals surface area contributed by atoms with Crippen molar-refractivity contribution in [1.29, 1.82) is 0 Å². The molecular formula is C14H23N3O3S. The maximum absolute atomic E-state index is 12.1. The third kappa shape index (κ3) is 4.10. The summed E-state index contributed by atoms with van der Waals surface area (Å²) in [6, 6.07) is 0. The molecule has 0 aliphatic carbocycles. The zero-order valence-corrected chi connectivity index (χ0v) is 13.8. The fourth-order valence-electron chi connectivity index (χ4n) is 1.84. The molecule has 1 heterocycles. The Balaban J connectivity index is 3.19. The zero-order valence-electron chi connectivity index (χ0n) is 12.9. The molecule has 6 nitrogen and oxygen atoms in total. The topological polar surface area (TPSA) is 98.6 Å². The number of primary amides is 1. The summed E-state index contributed by atoms with van der Waals surface area (Å²) in [5.74, 6) is -0.622. The monoisotopic (exact) mass is 313 g/mol. The number of hydrogen-bond acceptors (Lipinski definition) is 6. The molecule has 0 aliphatic heterocycles. The van der Waals surface area contributed by atoms with Gasteiger partial charge in [0.05, 0.1) is 12.3 Å². The number of thiophene rings is 1. The predicted molar refractivity (Wildman–Crippen MR) is 85.9 cm³/mol. The highest BCUT2D eigenvalue weighted by molar-refractivity contribution is 7.19. The molecular weight excluding hydrogens is 290 g/mol. The van der Waals surface area contributed by atoms with E-state index in [1.807, 2.05) is 11.9 Å². The van der Waals surface area contributed by atoms with Gasteiger partial charge in [0.15, 0.2) is 0 Å². The van der Waals surface area contributed by atoms with Crippen molar-refractivity contribution in [3.63, 3.8) is 0 Å². The van der Waals surface area contributed by atoms with Gasteiger partial charge in [-0.3, -0.25) is 4.79 Å². The van der Waals surface area contributed by atoms with Crippen molar-refractivity contribution >= 4 is 33.9 Å². The summed E-state index contributed by atoms with van der Waals surface area (Å²) in [6.07, 6.45) is 0.961. The summed E-state index contributed by atoms with van der Waals surface area (Å²) in [7, 11) is 1.86. The first-order chi connectivity index (χ1) is 9.79. The van der Waals surface area contributed by atoms with Crippen molar-refractivity contribution in [3.8, 4) is 0 Å². The second kappa shape index (κ2) is 7.31. The Morgan fingerprint density at radius 1 is 1.38 bits per heavy atom. The molecule has 118 valence electrons. The number of anilines is 2. The van der Waals surface area contributed by atoms with E-state index in [4.69, 9.17) is 16.2 Å². The van der Waals surface area contributed by atoms with E-state index < -0.39 is 11.9 Å². The van der Waals surface area contributed by atoms with Crippen LogP contribution >= 0.6 is 11.3 Å². The van der Waals surface area contributed by atoms with Crippen molar-refractivity contribution in [2.75, 3.05) is 30.8 Å². The lowest BCUT2D eigenvalue weighted by atomic mass is 10.1. The van der Waals surface area contributed by atoms with Gasteiger partial charge in [-0.25, -0.2) is 4.79 Å². The fourth-order valence-corrected chi connectivity index (χ4v) is 2.89. The molecule has 21 heavy (non-hydrogen) atoms. The minimum atomic E-state index is -0.633. The van der Waals surface area contributed by atoms with Crippen LogP contribution in [0, 0.1) is 5.92 Å². The van der Waals surface area contributed by atoms with Gasteiger partial charge < -0.3 is 21.1 Å². The molecule has 1 amide bonds. The van der Waals surface area contributed by atoms with Gasteiger partial charge in [0.1, 0.15) is 15.4 Å². The number of nitrogens with zero attached hydrogens (tertiary/aromatic N) is 1. The summed E-state index contributed by atoms with van der Waals surface area (Å²) in [6.45, 7) is 6.96. The quantitative estimate of drug-likeness (QED) is 0.751. The van der Waals surface area contributed by atoms with Crippen LogP contribution in [0.25, 0.3) is 0 Å². The number of nitrogens with two attached hydrogens (primary N) is 2. The molecule has 0 saturated heterocycles. The number of nitrogen functional groups attached to an aromatic ring is 1. The van der Waals surface area contributed by atoms with E-state index in [0.717, 1.165) is 24.3 Å². The Kier molecular flexibility index (Phi) is 6.02. The number of rotatable bonds is 7. The van der Waals surface area contributed by atoms with Crippen molar-refractivity contribution < 1.29 is 14.3 Å². The third-order valence-electron chi connectivity index (χ3n) is 3.02. The highest BCUT2D eigenvalue weighted by Gasteiger charge is 2.27. The maximum Gasteiger partial charge on any atom is 0.343 e. The average molecular weight is 313 g/mol. The molecule has 0 unspecified atom stereocenters. The van der Waals surface area contributed by atoms with Crippen LogP contribution in [-0.2, 0) is 4.74 Å². The van der Waals surface area contributed by atoms with Gasteiger partial charge in [-0.05, 0) is 19.3 Å². The molecule has 7 heteroatoms. The Bertz CT molecular complexity index is 526. The van der Waals surface area contributed by atoms with Gasteiger partial charge in [0, 0.05) is 13.6 Å². The SMILES string of the molecule is CCOC(=O)c1c(N(C)CCC(C)C)sc(C(N)=O)c1N. The van der Waals surface area contributed by atoms with E-state index in [0.29, 0.717) is 10.9 Å². The number of esters is 1. The average Bonchev–Trinajstić information content (AvgIpc) is 2.74. The molecule has 0 aliphatic rings. The lowest BCUT2D eigenvalue weighted by Crippen LogP contribution is -2.21. The normalized spacial score (nSPS) is 10.7. The van der Waals surface area contributed by atoms with Crippen molar-refractivity contribution in [3.05, 3.63) is 10.4 Å². The lowest BCUT2D eigenvalue weighted by Gasteiger charge is -2.19. The second-order valence-electron chi connectivity index (χ2n) is 5.21. The van der Waals surface area contributed by atoms with Crippen LogP contribution in [0.5, 0.6) is 0 Å². The molecule has 0 spiro atoms. The summed E-state index contributed by atoms with van der Waals surface area (Å²) in [5.41, 5.74) is 11.6. The first-order valence-corrected chi connectivity index (χ1v) is 7.71. The smallest absolute Gasteiger partial charge is 0.343 e. The maximum atomic E-state index is 12.1. The van der Waals surface area contributed by atoms with E-state index in [1.54, 1.807) is 6.92 Å². The predicted octanol–water partition coefficient (Wildman–Crippen LogP) is 2.09. The molecule has 4 N–H and O–H groups in total. The first-order valence-electron chi connectivity index (χ1n) is 6.89. The number of carbonyl (C=O) groups excluding carboxylic acids is 2. The Hall–Kier alpha value is -1.76. The van der Waals surface area contributed by atoms with Gasteiger partial charge in [-0.15, -0.1) is 11.3 Å². The minimum absolute atomic E-state index is 0.109. The van der Waals surface area contributed by atoms with Crippen LogP contribution in [0.15, 0.2) is 0 Å². The third-order valence-corrected chi connectivity index (χ3v) is 4.35. The molecule has 0 fully saturated rings. The molecule has 0 saturated carbocycles. The standard InChI is InChI=1S/C14H23N3O3S/c1-5-20-14(19)9-10(15)11(12(16)18)21-13(9)17(4)7-6-8(2)3/h8H,5-7,15H2,1-4H3,(H2,16,18). The van der Waals surface area contributed by atoms with Gasteiger partial charge in [-0.1, -0.05) is 13.8 Å². The highest BCUT2D eigenvalue weighted by Crippen LogP contribution is 2.38. The number of ether oxygens (including phenoxy) is 1. The summed E-state index contributed by atoms with van der Waals surface area (Å²) >= 11 is 1.13. The molecule has 0 bridgehead atoms. The van der Waals surface area contributed by atoms with Crippen molar-refractivity contribution in [2.24, 2.45) is 11.7 Å². The van der Waals surface area contributed by atoms with Gasteiger partial charge in [0.25, 0.3) is 5.91 Å². The number of carbonyl (C=O) groups is 2. The van der Waals surface area contributed by atoms with Crippen molar-refractivity contribution in [2.45, 2.75) is 27.2 Å². The Morgan fingerprint density at radius 2 is 2.00 bits per heavy atom. The van der Waals surface area contributed by atoms with Crippen LogP contribution in [0.2, 0.25) is 0 Å². The van der Waals surface area contributed by atoms with E-state index in [2.05, 4.69) is 13.8 Å². The number of amides is 1. The van der Waals surface area contributed by atoms with Crippen LogP contribution in [0.3, 0.4) is 0 Å². The minimum Gasteiger partial charge on any atom is -0.462 e. The van der Waals surface area contributed by atoms with Crippen LogP contribution < -0.4 is 16.4 Å². The zero-order chi connectivity index (χ0) is 16.2. The van der Waals surface area contributed by atoms with Crippen LogP contribution in [0.1, 0.15) is 47.2 Å². The lowest BCUT2D eigenvalue weighted by molar-refractivity contribution is 0.0529. The van der Waals surface area contributed by atoms with Gasteiger partial charge >= 0.3 is 5.97 Å². The summed E-state index contributed by atoms with van der Waals surface area (Å²) in [4.78, 5) is 25.6. The Labute approximate surface area is 129 Å². The van der Waals surface area contributed by atoms with E-state index >= 15 is 0 Å². The first kappa shape index (κ1) is 17.3. The van der Waals surface area contributed by atoms with Gasteiger partial charge in [0.2, 0.25) is 0 Å². The fraction of sp³-hybridized carbons (Fsp3) is 0.571. The molecule has 1 rings (SSSR count). The van der Waals surface area contributed by atoms with Crippen LogP contribution in [0.4, 0.5) is 10.7 Å². The number of hydrogen-bond donors (Lipinski definition) is 2. The highest BCUT2D eigenvalue weighted by atomic mass is 32.1. The van der Waals surface area contributed by atoms with E-state index in [-0.39, 0.29) is 22.7 Å². The van der Waals surface area contributed by atoms with E-state index in [9.17, 15) is 9.59 Å².